The molecule has 0 bridgehead atoms. The zero-order valence-corrected chi connectivity index (χ0v) is 10.9. The van der Waals surface area contributed by atoms with E-state index in [0.29, 0.717) is 12.5 Å². The number of aryl methyl sites for hydroxylation is 1. The lowest BCUT2D eigenvalue weighted by Gasteiger charge is -2.32. The van der Waals surface area contributed by atoms with Crippen molar-refractivity contribution in [1.82, 2.24) is 9.97 Å². The number of aliphatic hydroxyl groups is 1. The first kappa shape index (κ1) is 11.8. The van der Waals surface area contributed by atoms with Crippen LogP contribution in [-0.2, 0) is 0 Å². The number of hydrogen-bond donors (Lipinski definition) is 1. The minimum atomic E-state index is 0.306. The molecule has 0 aromatic carbocycles. The van der Waals surface area contributed by atoms with Crippen molar-refractivity contribution < 1.29 is 5.11 Å². The number of piperidine rings is 1. The number of anilines is 1. The van der Waals surface area contributed by atoms with Crippen LogP contribution in [0.2, 0.25) is 0 Å². The summed E-state index contributed by atoms with van der Waals surface area (Å²) in [5.41, 5.74) is 0. The van der Waals surface area contributed by atoms with Crippen LogP contribution >= 0.6 is 15.9 Å². The van der Waals surface area contributed by atoms with Gasteiger partial charge in [0.2, 0.25) is 0 Å². The predicted molar refractivity (Wildman–Crippen MR) is 66.5 cm³/mol. The Labute approximate surface area is 104 Å². The van der Waals surface area contributed by atoms with Gasteiger partial charge in [-0.25, -0.2) is 9.97 Å². The van der Waals surface area contributed by atoms with E-state index in [9.17, 15) is 0 Å². The molecule has 1 N–H and O–H groups in total. The van der Waals surface area contributed by atoms with Crippen molar-refractivity contribution in [2.45, 2.75) is 19.8 Å². The van der Waals surface area contributed by atoms with Crippen molar-refractivity contribution in [2.75, 3.05) is 24.6 Å². The molecule has 16 heavy (non-hydrogen) atoms. The summed E-state index contributed by atoms with van der Waals surface area (Å²) in [5, 5.41) is 9.08. The Morgan fingerprint density at radius 3 is 2.69 bits per heavy atom. The molecule has 88 valence electrons. The Kier molecular flexibility index (Phi) is 3.76. The van der Waals surface area contributed by atoms with Gasteiger partial charge in [0.1, 0.15) is 16.2 Å². The Balaban J connectivity index is 2.08. The van der Waals surface area contributed by atoms with Crippen molar-refractivity contribution in [3.05, 3.63) is 16.5 Å². The molecule has 0 spiro atoms. The molecular formula is C11H16BrN3O. The zero-order chi connectivity index (χ0) is 11.5. The first-order valence-electron chi connectivity index (χ1n) is 5.56. The summed E-state index contributed by atoms with van der Waals surface area (Å²) in [6.07, 6.45) is 2.08. The van der Waals surface area contributed by atoms with E-state index in [2.05, 4.69) is 30.8 Å². The molecule has 0 aliphatic carbocycles. The molecule has 5 heteroatoms. The maximum absolute atomic E-state index is 9.08. The Morgan fingerprint density at radius 2 is 2.12 bits per heavy atom. The summed E-state index contributed by atoms with van der Waals surface area (Å²) in [4.78, 5) is 10.9. The fraction of sp³-hybridized carbons (Fsp3) is 0.636. The summed E-state index contributed by atoms with van der Waals surface area (Å²) < 4.78 is 0.833. The molecule has 2 rings (SSSR count). The fourth-order valence-corrected chi connectivity index (χ4v) is 2.48. The zero-order valence-electron chi connectivity index (χ0n) is 9.36. The number of halogens is 1. The Bertz CT molecular complexity index is 344. The molecule has 0 atom stereocenters. The Hall–Kier alpha value is -0.680. The van der Waals surface area contributed by atoms with E-state index in [-0.39, 0.29) is 0 Å². The highest BCUT2D eigenvalue weighted by molar-refractivity contribution is 9.10. The minimum Gasteiger partial charge on any atom is -0.396 e. The Morgan fingerprint density at radius 1 is 1.44 bits per heavy atom. The van der Waals surface area contributed by atoms with E-state index in [1.165, 1.54) is 0 Å². The highest BCUT2D eigenvalue weighted by atomic mass is 79.9. The quantitative estimate of drug-likeness (QED) is 0.842. The third-order valence-electron chi connectivity index (χ3n) is 2.99. The molecule has 1 aliphatic heterocycles. The molecule has 1 aromatic rings. The van der Waals surface area contributed by atoms with Gasteiger partial charge in [-0.3, -0.25) is 0 Å². The van der Waals surface area contributed by atoms with Gasteiger partial charge in [-0.05, 0) is 41.6 Å². The highest BCUT2D eigenvalue weighted by Crippen LogP contribution is 2.23. The van der Waals surface area contributed by atoms with Gasteiger partial charge in [0.05, 0.1) is 0 Å². The predicted octanol–water partition coefficient (Wildman–Crippen LogP) is 1.76. The lowest BCUT2D eigenvalue weighted by atomic mass is 9.98. The summed E-state index contributed by atoms with van der Waals surface area (Å²) in [6, 6.07) is 1.95. The van der Waals surface area contributed by atoms with Gasteiger partial charge in [0.15, 0.2) is 0 Å². The van der Waals surface area contributed by atoms with Crippen LogP contribution in [0.5, 0.6) is 0 Å². The fourth-order valence-electron chi connectivity index (χ4n) is 2.02. The van der Waals surface area contributed by atoms with Crippen molar-refractivity contribution in [1.29, 1.82) is 0 Å². The van der Waals surface area contributed by atoms with Crippen LogP contribution in [0.25, 0.3) is 0 Å². The van der Waals surface area contributed by atoms with E-state index in [4.69, 9.17) is 5.11 Å². The third kappa shape index (κ3) is 2.71. The molecule has 0 amide bonds. The molecule has 1 saturated heterocycles. The first-order valence-corrected chi connectivity index (χ1v) is 6.35. The summed E-state index contributed by atoms with van der Waals surface area (Å²) in [7, 11) is 0. The molecule has 0 saturated carbocycles. The van der Waals surface area contributed by atoms with Crippen LogP contribution in [0.3, 0.4) is 0 Å². The van der Waals surface area contributed by atoms with Gasteiger partial charge in [-0.2, -0.15) is 0 Å². The van der Waals surface area contributed by atoms with Gasteiger partial charge >= 0.3 is 0 Å². The summed E-state index contributed by atoms with van der Waals surface area (Å²) >= 11 is 3.39. The topological polar surface area (TPSA) is 49.2 Å². The molecule has 1 fully saturated rings. The standard InChI is InChI=1S/C11H16BrN3O/c1-8-13-10(12)6-11(14-8)15-4-2-9(7-16)3-5-15/h6,9,16H,2-5,7H2,1H3. The molecular weight excluding hydrogens is 270 g/mol. The number of aliphatic hydroxyl groups excluding tert-OH is 1. The van der Waals surface area contributed by atoms with E-state index >= 15 is 0 Å². The van der Waals surface area contributed by atoms with E-state index in [1.54, 1.807) is 0 Å². The lowest BCUT2D eigenvalue weighted by Crippen LogP contribution is -2.35. The minimum absolute atomic E-state index is 0.306. The van der Waals surface area contributed by atoms with Crippen LogP contribution in [0, 0.1) is 12.8 Å². The van der Waals surface area contributed by atoms with Crippen molar-refractivity contribution in [3.63, 3.8) is 0 Å². The average molecular weight is 286 g/mol. The third-order valence-corrected chi connectivity index (χ3v) is 3.40. The second kappa shape index (κ2) is 5.10. The van der Waals surface area contributed by atoms with Gasteiger partial charge in [-0.15, -0.1) is 0 Å². The van der Waals surface area contributed by atoms with Crippen LogP contribution in [-0.4, -0.2) is 34.8 Å². The van der Waals surface area contributed by atoms with Crippen molar-refractivity contribution >= 4 is 21.7 Å². The second-order valence-corrected chi connectivity index (χ2v) is 5.02. The van der Waals surface area contributed by atoms with Crippen molar-refractivity contribution in [2.24, 2.45) is 5.92 Å². The molecule has 4 nitrogen and oxygen atoms in total. The smallest absolute Gasteiger partial charge is 0.133 e. The van der Waals surface area contributed by atoms with Gasteiger partial charge < -0.3 is 10.0 Å². The molecule has 0 unspecified atom stereocenters. The van der Waals surface area contributed by atoms with Crippen LogP contribution in [0.15, 0.2) is 10.7 Å². The van der Waals surface area contributed by atoms with E-state index < -0.39 is 0 Å². The first-order chi connectivity index (χ1) is 7.69. The normalized spacial score (nSPS) is 17.8. The van der Waals surface area contributed by atoms with Crippen molar-refractivity contribution in [3.8, 4) is 0 Å². The number of nitrogens with zero attached hydrogens (tertiary/aromatic N) is 3. The largest absolute Gasteiger partial charge is 0.396 e. The molecule has 2 heterocycles. The molecule has 1 aromatic heterocycles. The van der Waals surface area contributed by atoms with Crippen LogP contribution < -0.4 is 4.90 Å². The maximum Gasteiger partial charge on any atom is 0.133 e. The molecule has 0 radical (unpaired) electrons. The van der Waals surface area contributed by atoms with E-state index in [0.717, 1.165) is 42.2 Å². The molecule has 1 aliphatic rings. The maximum atomic E-state index is 9.08. The van der Waals surface area contributed by atoms with Crippen LogP contribution in [0.1, 0.15) is 18.7 Å². The summed E-state index contributed by atoms with van der Waals surface area (Å²) in [5.74, 6) is 2.23. The van der Waals surface area contributed by atoms with Gasteiger partial charge in [-0.1, -0.05) is 0 Å². The van der Waals surface area contributed by atoms with E-state index in [1.807, 2.05) is 13.0 Å². The monoisotopic (exact) mass is 285 g/mol. The second-order valence-electron chi connectivity index (χ2n) is 4.21. The van der Waals surface area contributed by atoms with Gasteiger partial charge in [0, 0.05) is 25.8 Å². The number of aromatic nitrogens is 2. The SMILES string of the molecule is Cc1nc(Br)cc(N2CCC(CO)CC2)n1. The van der Waals surface area contributed by atoms with Gasteiger partial charge in [0.25, 0.3) is 0 Å². The average Bonchev–Trinajstić information content (AvgIpc) is 2.28. The number of hydrogen-bond acceptors (Lipinski definition) is 4. The summed E-state index contributed by atoms with van der Waals surface area (Å²) in [6.45, 7) is 4.14. The van der Waals surface area contributed by atoms with Crippen LogP contribution in [0.4, 0.5) is 5.82 Å². The lowest BCUT2D eigenvalue weighted by molar-refractivity contribution is 0.202. The number of rotatable bonds is 2. The highest BCUT2D eigenvalue weighted by Gasteiger charge is 2.19.